The van der Waals surface area contributed by atoms with E-state index < -0.39 is 27.7 Å². The second kappa shape index (κ2) is 9.70. The number of nitrogens with zero attached hydrogens (tertiary/aromatic N) is 2. The predicted octanol–water partition coefficient (Wildman–Crippen LogP) is 4.10. The highest BCUT2D eigenvalue weighted by Gasteiger charge is 2.31. The summed E-state index contributed by atoms with van der Waals surface area (Å²) < 4.78 is 49.8. The van der Waals surface area contributed by atoms with Crippen LogP contribution in [0.1, 0.15) is 59.1 Å². The quantitative estimate of drug-likeness (QED) is 0.389. The summed E-state index contributed by atoms with van der Waals surface area (Å²) in [6, 6.07) is 8.65. The number of carbonyl (C=O) groups excluding carboxylic acids is 1. The van der Waals surface area contributed by atoms with Gasteiger partial charge in [0, 0.05) is 22.9 Å². The summed E-state index contributed by atoms with van der Waals surface area (Å²) in [5.74, 6) is -2.44. The van der Waals surface area contributed by atoms with Gasteiger partial charge in [-0.15, -0.1) is 0 Å². The van der Waals surface area contributed by atoms with Gasteiger partial charge in [0.2, 0.25) is 15.9 Å². The van der Waals surface area contributed by atoms with Crippen molar-refractivity contribution in [2.75, 3.05) is 5.32 Å². The van der Waals surface area contributed by atoms with E-state index in [0.29, 0.717) is 12.8 Å². The molecule has 1 aliphatic rings. The Bertz CT molecular complexity index is 1450. The Balaban J connectivity index is 1.74. The van der Waals surface area contributed by atoms with E-state index in [0.717, 1.165) is 6.07 Å². The van der Waals surface area contributed by atoms with Gasteiger partial charge in [-0.05, 0) is 70.0 Å². The molecule has 0 bridgehead atoms. The van der Waals surface area contributed by atoms with Gasteiger partial charge in [-0.25, -0.2) is 27.0 Å². The van der Waals surface area contributed by atoms with Gasteiger partial charge in [0.15, 0.2) is 5.69 Å². The summed E-state index contributed by atoms with van der Waals surface area (Å²) in [6.07, 6.45) is 1.40. The van der Waals surface area contributed by atoms with Crippen molar-refractivity contribution in [1.82, 2.24) is 14.5 Å². The van der Waals surface area contributed by atoms with Gasteiger partial charge in [-0.2, -0.15) is 5.10 Å². The third-order valence-electron chi connectivity index (χ3n) is 5.47. The van der Waals surface area contributed by atoms with E-state index in [9.17, 15) is 27.5 Å². The number of halogens is 1. The lowest BCUT2D eigenvalue weighted by molar-refractivity contribution is 0.0688. The Morgan fingerprint density at radius 3 is 2.53 bits per heavy atom. The minimum absolute atomic E-state index is 0.0634. The molecule has 190 valence electrons. The number of carboxylic acid groups (broad SMARTS) is 1. The van der Waals surface area contributed by atoms with Crippen LogP contribution >= 0.6 is 0 Å². The minimum atomic E-state index is -4.07. The van der Waals surface area contributed by atoms with Crippen LogP contribution in [-0.4, -0.2) is 41.2 Å². The standard InChI is InChI=1S/C24H25FN4O6S/c1-13(2)29-23(14(3)21(27-29)24(31)32)35-19-10-9-18(12-20(19)36(33,34)28-17-7-8-17)26-22(30)15-5-4-6-16(25)11-15/h4-6,9-13,17,28H,7-8H2,1-3H3,(H,26,30)(H,31,32). The molecule has 1 amide bonds. The van der Waals surface area contributed by atoms with Gasteiger partial charge in [0.1, 0.15) is 16.5 Å². The maximum absolute atomic E-state index is 13.5. The minimum Gasteiger partial charge on any atom is -0.476 e. The van der Waals surface area contributed by atoms with E-state index in [-0.39, 0.29) is 51.1 Å². The zero-order valence-electron chi connectivity index (χ0n) is 19.8. The largest absolute Gasteiger partial charge is 0.476 e. The zero-order chi connectivity index (χ0) is 26.2. The number of sulfonamides is 1. The molecule has 1 aliphatic carbocycles. The van der Waals surface area contributed by atoms with Gasteiger partial charge >= 0.3 is 5.97 Å². The van der Waals surface area contributed by atoms with Gasteiger partial charge in [-0.1, -0.05) is 6.07 Å². The summed E-state index contributed by atoms with van der Waals surface area (Å²) in [5.41, 5.74) is 0.234. The Morgan fingerprint density at radius 2 is 1.92 bits per heavy atom. The van der Waals surface area contributed by atoms with Crippen LogP contribution in [0.2, 0.25) is 0 Å². The number of amides is 1. The number of carboxylic acids is 1. The number of hydrogen-bond acceptors (Lipinski definition) is 6. The molecule has 1 fully saturated rings. The highest BCUT2D eigenvalue weighted by atomic mass is 32.2. The van der Waals surface area contributed by atoms with E-state index in [4.69, 9.17) is 4.74 Å². The fraction of sp³-hybridized carbons (Fsp3) is 0.292. The van der Waals surface area contributed by atoms with Crippen molar-refractivity contribution in [3.8, 4) is 11.6 Å². The van der Waals surface area contributed by atoms with Gasteiger partial charge in [0.25, 0.3) is 5.91 Å². The van der Waals surface area contributed by atoms with Crippen molar-refractivity contribution in [3.05, 3.63) is 65.1 Å². The molecule has 0 aliphatic heterocycles. The number of aromatic nitrogens is 2. The fourth-order valence-electron chi connectivity index (χ4n) is 3.48. The molecule has 1 aromatic heterocycles. The number of nitrogens with one attached hydrogen (secondary N) is 2. The number of carbonyl (C=O) groups is 2. The molecule has 0 saturated heterocycles. The van der Waals surface area contributed by atoms with Crippen LogP contribution in [0.15, 0.2) is 47.4 Å². The summed E-state index contributed by atoms with van der Waals surface area (Å²) in [5, 5.41) is 16.1. The first-order valence-corrected chi connectivity index (χ1v) is 12.7. The molecule has 2 aromatic carbocycles. The topological polar surface area (TPSA) is 140 Å². The molecule has 1 saturated carbocycles. The average Bonchev–Trinajstić information content (AvgIpc) is 3.55. The molecule has 36 heavy (non-hydrogen) atoms. The monoisotopic (exact) mass is 516 g/mol. The maximum atomic E-state index is 13.5. The lowest BCUT2D eigenvalue weighted by Gasteiger charge is -2.17. The van der Waals surface area contributed by atoms with Crippen molar-refractivity contribution in [2.45, 2.75) is 50.6 Å². The Hall–Kier alpha value is -3.77. The highest BCUT2D eigenvalue weighted by molar-refractivity contribution is 7.89. The van der Waals surface area contributed by atoms with E-state index in [2.05, 4.69) is 15.1 Å². The molecule has 0 unspecified atom stereocenters. The summed E-state index contributed by atoms with van der Waals surface area (Å²) >= 11 is 0. The maximum Gasteiger partial charge on any atom is 0.356 e. The van der Waals surface area contributed by atoms with Crippen LogP contribution in [0.5, 0.6) is 11.6 Å². The molecule has 0 radical (unpaired) electrons. The molecule has 3 aromatic rings. The Labute approximate surface area is 207 Å². The van der Waals surface area contributed by atoms with Gasteiger partial charge < -0.3 is 15.2 Å². The van der Waals surface area contributed by atoms with Crippen LogP contribution in [0.25, 0.3) is 0 Å². The predicted molar refractivity (Wildman–Crippen MR) is 129 cm³/mol. The number of rotatable bonds is 9. The molecule has 4 rings (SSSR count). The van der Waals surface area contributed by atoms with Gasteiger partial charge in [-0.3, -0.25) is 4.79 Å². The summed E-state index contributed by atoms with van der Waals surface area (Å²) in [4.78, 5) is 23.9. The third-order valence-corrected chi connectivity index (χ3v) is 7.01. The van der Waals surface area contributed by atoms with Crippen molar-refractivity contribution < 1.29 is 32.2 Å². The Morgan fingerprint density at radius 1 is 1.19 bits per heavy atom. The number of hydrogen-bond donors (Lipinski definition) is 3. The lowest BCUT2D eigenvalue weighted by Crippen LogP contribution is -2.26. The molecule has 0 atom stereocenters. The van der Waals surface area contributed by atoms with Crippen LogP contribution < -0.4 is 14.8 Å². The smallest absolute Gasteiger partial charge is 0.356 e. The SMILES string of the molecule is Cc1c(C(=O)O)nn(C(C)C)c1Oc1ccc(NC(=O)c2cccc(F)c2)cc1S(=O)(=O)NC1CC1. The first-order valence-electron chi connectivity index (χ1n) is 11.2. The van der Waals surface area contributed by atoms with E-state index in [1.807, 2.05) is 0 Å². The summed E-state index contributed by atoms with van der Waals surface area (Å²) in [6.45, 7) is 5.08. The van der Waals surface area contributed by atoms with Crippen molar-refractivity contribution in [2.24, 2.45) is 0 Å². The number of ether oxygens (including phenoxy) is 1. The van der Waals surface area contributed by atoms with Crippen molar-refractivity contribution in [3.63, 3.8) is 0 Å². The zero-order valence-corrected chi connectivity index (χ0v) is 20.6. The number of benzene rings is 2. The molecular formula is C24H25FN4O6S. The van der Waals surface area contributed by atoms with Crippen LogP contribution in [-0.2, 0) is 10.0 Å². The molecule has 10 nitrogen and oxygen atoms in total. The Kier molecular flexibility index (Phi) is 6.83. The van der Waals surface area contributed by atoms with E-state index in [1.54, 1.807) is 13.8 Å². The van der Waals surface area contributed by atoms with E-state index in [1.165, 1.54) is 48.0 Å². The van der Waals surface area contributed by atoms with Crippen LogP contribution in [0.3, 0.4) is 0 Å². The second-order valence-corrected chi connectivity index (χ2v) is 10.4. The number of aromatic carboxylic acids is 1. The van der Waals surface area contributed by atoms with Crippen LogP contribution in [0, 0.1) is 12.7 Å². The lowest BCUT2D eigenvalue weighted by atomic mass is 10.2. The summed E-state index contributed by atoms with van der Waals surface area (Å²) in [7, 11) is -4.07. The normalized spacial score (nSPS) is 13.6. The first-order chi connectivity index (χ1) is 17.0. The molecule has 12 heteroatoms. The molecule has 0 spiro atoms. The first kappa shape index (κ1) is 25.3. The van der Waals surface area contributed by atoms with Crippen molar-refractivity contribution >= 4 is 27.6 Å². The molecule has 3 N–H and O–H groups in total. The van der Waals surface area contributed by atoms with Crippen molar-refractivity contribution in [1.29, 1.82) is 0 Å². The molecule has 1 heterocycles. The fourth-order valence-corrected chi connectivity index (χ4v) is 4.94. The highest BCUT2D eigenvalue weighted by Crippen LogP contribution is 2.36. The average molecular weight is 517 g/mol. The molecular weight excluding hydrogens is 491 g/mol. The third kappa shape index (κ3) is 5.39. The number of anilines is 1. The van der Waals surface area contributed by atoms with E-state index >= 15 is 0 Å². The second-order valence-electron chi connectivity index (χ2n) is 8.75. The van der Waals surface area contributed by atoms with Gasteiger partial charge in [0.05, 0.1) is 6.04 Å². The van der Waals surface area contributed by atoms with Crippen LogP contribution in [0.4, 0.5) is 10.1 Å².